The minimum atomic E-state index is -0.305. The second kappa shape index (κ2) is 3.77. The summed E-state index contributed by atoms with van der Waals surface area (Å²) in [5.74, 6) is -0.548. The Morgan fingerprint density at radius 3 is 2.86 bits per heavy atom. The lowest BCUT2D eigenvalue weighted by Gasteiger charge is -1.88. The number of hydrogen-bond acceptors (Lipinski definition) is 4. The molecule has 1 aromatic heterocycles. The number of carbonyl (C=O) groups excluding carboxylic acids is 2. The van der Waals surface area contributed by atoms with Gasteiger partial charge in [0.2, 0.25) is 5.91 Å². The third-order valence-electron chi connectivity index (χ3n) is 1.69. The Hall–Kier alpha value is -0.760. The first-order valence-electron chi connectivity index (χ1n) is 3.81. The number of halogens is 1. The van der Waals surface area contributed by atoms with Gasteiger partial charge in [0.05, 0.1) is 15.5 Å². The van der Waals surface area contributed by atoms with E-state index < -0.39 is 0 Å². The van der Waals surface area contributed by atoms with Gasteiger partial charge in [0.1, 0.15) is 5.01 Å². The second-order valence-corrected chi connectivity index (χ2v) is 5.68. The number of carbonyl (C=O) groups is 2. The van der Waals surface area contributed by atoms with Gasteiger partial charge in [0.25, 0.3) is 5.91 Å². The molecule has 1 aromatic rings. The van der Waals surface area contributed by atoms with Gasteiger partial charge in [0, 0.05) is 5.57 Å². The van der Waals surface area contributed by atoms with E-state index in [1.54, 1.807) is 12.3 Å². The van der Waals surface area contributed by atoms with Crippen molar-refractivity contribution in [1.29, 1.82) is 0 Å². The van der Waals surface area contributed by atoms with E-state index in [0.29, 0.717) is 5.57 Å². The van der Waals surface area contributed by atoms with Crippen molar-refractivity contribution >= 4 is 51.8 Å². The highest BCUT2D eigenvalue weighted by Gasteiger charge is 2.23. The molecule has 0 bridgehead atoms. The predicted molar refractivity (Wildman–Crippen MR) is 60.6 cm³/mol. The van der Waals surface area contributed by atoms with Crippen molar-refractivity contribution in [1.82, 2.24) is 10.3 Å². The van der Waals surface area contributed by atoms with Gasteiger partial charge in [-0.05, 0) is 28.7 Å². The summed E-state index contributed by atoms with van der Waals surface area (Å²) < 4.78 is 1.05. The molecule has 0 unspecified atom stereocenters. The van der Waals surface area contributed by atoms with Crippen molar-refractivity contribution in [2.45, 2.75) is 6.42 Å². The fraction of sp³-hybridized carbons (Fsp3) is 0.125. The zero-order valence-corrected chi connectivity index (χ0v) is 9.89. The molecule has 0 radical (unpaired) electrons. The Morgan fingerprint density at radius 1 is 1.57 bits per heavy atom. The lowest BCUT2D eigenvalue weighted by Crippen LogP contribution is -2.19. The zero-order valence-electron chi connectivity index (χ0n) is 6.91. The number of rotatable bonds is 1. The topological polar surface area (TPSA) is 59.1 Å². The van der Waals surface area contributed by atoms with Crippen LogP contribution in [0.5, 0.6) is 0 Å². The number of imide groups is 1. The van der Waals surface area contributed by atoms with Crippen LogP contribution in [-0.4, -0.2) is 16.8 Å². The summed E-state index contributed by atoms with van der Waals surface area (Å²) in [6, 6.07) is 0. The maximum Gasteiger partial charge on any atom is 0.254 e. The summed E-state index contributed by atoms with van der Waals surface area (Å²) in [5.41, 5.74) is 0.487. The molecule has 0 spiro atoms. The van der Waals surface area contributed by atoms with Crippen LogP contribution in [0.1, 0.15) is 11.4 Å². The normalized spacial score (nSPS) is 19.1. The highest BCUT2D eigenvalue weighted by molar-refractivity contribution is 14.1. The Morgan fingerprint density at radius 2 is 2.36 bits per heavy atom. The van der Waals surface area contributed by atoms with Crippen LogP contribution < -0.4 is 5.32 Å². The Labute approximate surface area is 97.6 Å². The minimum Gasteiger partial charge on any atom is -0.292 e. The maximum absolute atomic E-state index is 11.2. The fourth-order valence-electron chi connectivity index (χ4n) is 1.10. The fourth-order valence-corrected chi connectivity index (χ4v) is 2.53. The van der Waals surface area contributed by atoms with Crippen LogP contribution in [0.3, 0.4) is 0 Å². The Bertz CT molecular complexity index is 438. The first-order valence-corrected chi connectivity index (χ1v) is 5.71. The monoisotopic (exact) mass is 320 g/mol. The van der Waals surface area contributed by atoms with Gasteiger partial charge >= 0.3 is 0 Å². The van der Waals surface area contributed by atoms with Crippen molar-refractivity contribution in [3.8, 4) is 0 Å². The summed E-state index contributed by atoms with van der Waals surface area (Å²) in [5, 5.41) is 2.98. The highest BCUT2D eigenvalue weighted by Crippen LogP contribution is 2.20. The van der Waals surface area contributed by atoms with E-state index in [-0.39, 0.29) is 18.2 Å². The SMILES string of the molecule is O=C1C/C(=C/c2ncc(I)s2)C(=O)N1. The van der Waals surface area contributed by atoms with Crippen molar-refractivity contribution in [3.05, 3.63) is 19.7 Å². The third kappa shape index (κ3) is 2.01. The summed E-state index contributed by atoms with van der Waals surface area (Å²) in [4.78, 5) is 26.1. The molecular formula is C8H5IN2O2S. The molecule has 1 aliphatic heterocycles. The van der Waals surface area contributed by atoms with Crippen molar-refractivity contribution < 1.29 is 9.59 Å². The lowest BCUT2D eigenvalue weighted by molar-refractivity contribution is -0.124. The molecule has 2 rings (SSSR count). The first-order chi connectivity index (χ1) is 6.65. The summed E-state index contributed by atoms with van der Waals surface area (Å²) in [7, 11) is 0. The molecule has 6 heteroatoms. The summed E-state index contributed by atoms with van der Waals surface area (Å²) in [6.45, 7) is 0. The predicted octanol–water partition coefficient (Wildman–Crippen LogP) is 1.18. The van der Waals surface area contributed by atoms with E-state index >= 15 is 0 Å². The second-order valence-electron chi connectivity index (χ2n) is 2.73. The van der Waals surface area contributed by atoms with E-state index in [2.05, 4.69) is 32.9 Å². The molecule has 1 fully saturated rings. The Balaban J connectivity index is 2.27. The molecule has 1 saturated heterocycles. The molecule has 1 aliphatic rings. The van der Waals surface area contributed by atoms with Gasteiger partial charge in [-0.1, -0.05) is 0 Å². The van der Waals surface area contributed by atoms with Crippen LogP contribution in [0, 0.1) is 2.88 Å². The zero-order chi connectivity index (χ0) is 10.1. The smallest absolute Gasteiger partial charge is 0.254 e. The molecule has 0 aromatic carbocycles. The van der Waals surface area contributed by atoms with Gasteiger partial charge < -0.3 is 0 Å². The largest absolute Gasteiger partial charge is 0.292 e. The third-order valence-corrected chi connectivity index (χ3v) is 3.36. The average molecular weight is 320 g/mol. The van der Waals surface area contributed by atoms with Gasteiger partial charge in [-0.25, -0.2) is 4.98 Å². The standard InChI is InChI=1S/C8H5IN2O2S/c9-5-3-10-7(14-5)2-4-1-6(12)11-8(4)13/h2-3H,1H2,(H,11,12,13)/b4-2-. The molecule has 72 valence electrons. The van der Waals surface area contributed by atoms with Gasteiger partial charge in [0.15, 0.2) is 0 Å². The van der Waals surface area contributed by atoms with Gasteiger partial charge in [-0.2, -0.15) is 0 Å². The summed E-state index contributed by atoms with van der Waals surface area (Å²) in [6.07, 6.45) is 3.55. The number of nitrogens with zero attached hydrogens (tertiary/aromatic N) is 1. The van der Waals surface area contributed by atoms with E-state index in [9.17, 15) is 9.59 Å². The van der Waals surface area contributed by atoms with Crippen LogP contribution in [0.2, 0.25) is 0 Å². The van der Waals surface area contributed by atoms with Crippen LogP contribution >= 0.6 is 33.9 Å². The molecule has 2 amide bonds. The van der Waals surface area contributed by atoms with Crippen molar-refractivity contribution in [2.24, 2.45) is 0 Å². The van der Waals surface area contributed by atoms with Crippen LogP contribution in [0.15, 0.2) is 11.8 Å². The molecule has 4 nitrogen and oxygen atoms in total. The molecule has 2 heterocycles. The van der Waals surface area contributed by atoms with Gasteiger partial charge in [-0.15, -0.1) is 11.3 Å². The Kier molecular flexibility index (Phi) is 2.64. The van der Waals surface area contributed by atoms with Crippen molar-refractivity contribution in [2.75, 3.05) is 0 Å². The minimum absolute atomic E-state index is 0.162. The molecule has 0 aliphatic carbocycles. The quantitative estimate of drug-likeness (QED) is 0.480. The average Bonchev–Trinajstić information content (AvgIpc) is 2.61. The van der Waals surface area contributed by atoms with E-state index in [4.69, 9.17) is 0 Å². The highest BCUT2D eigenvalue weighted by atomic mass is 127. The molecule has 0 saturated carbocycles. The summed E-state index contributed by atoms with van der Waals surface area (Å²) >= 11 is 3.64. The van der Waals surface area contributed by atoms with E-state index in [1.165, 1.54) is 11.3 Å². The first kappa shape index (κ1) is 9.78. The van der Waals surface area contributed by atoms with Crippen LogP contribution in [-0.2, 0) is 9.59 Å². The van der Waals surface area contributed by atoms with E-state index in [0.717, 1.165) is 7.89 Å². The molecule has 1 N–H and O–H groups in total. The van der Waals surface area contributed by atoms with Crippen molar-refractivity contribution in [3.63, 3.8) is 0 Å². The van der Waals surface area contributed by atoms with Gasteiger partial charge in [-0.3, -0.25) is 14.9 Å². The number of amides is 2. The number of nitrogens with one attached hydrogen (secondary N) is 1. The number of hydrogen-bond donors (Lipinski definition) is 1. The van der Waals surface area contributed by atoms with Crippen LogP contribution in [0.25, 0.3) is 6.08 Å². The lowest BCUT2D eigenvalue weighted by atomic mass is 10.2. The maximum atomic E-state index is 11.2. The molecular weight excluding hydrogens is 315 g/mol. The number of thiazole rings is 1. The molecule has 14 heavy (non-hydrogen) atoms. The van der Waals surface area contributed by atoms with E-state index in [1.807, 2.05) is 0 Å². The number of aromatic nitrogens is 1. The molecule has 0 atom stereocenters. The van der Waals surface area contributed by atoms with Crippen LogP contribution in [0.4, 0.5) is 0 Å².